The van der Waals surface area contributed by atoms with Gasteiger partial charge in [0.15, 0.2) is 18.9 Å². The van der Waals surface area contributed by atoms with Crippen molar-refractivity contribution in [3.05, 3.63) is 0 Å². The number of amides is 10. The van der Waals surface area contributed by atoms with Crippen molar-refractivity contribution in [2.24, 2.45) is 0 Å². The largest absolute Gasteiger partial charge is 0.471 e. The van der Waals surface area contributed by atoms with Crippen LogP contribution >= 0.6 is 7.82 Å². The number of carbonyl (C=O) groups is 10. The second-order valence-corrected chi connectivity index (χ2v) is 32.4. The van der Waals surface area contributed by atoms with Crippen molar-refractivity contribution in [3.8, 4) is 0 Å². The monoisotopic (exact) mass is 1780 g/mol. The summed E-state index contributed by atoms with van der Waals surface area (Å²) in [6.07, 6.45) is -6.12. The van der Waals surface area contributed by atoms with Crippen molar-refractivity contribution in [1.82, 2.24) is 58.1 Å². The van der Waals surface area contributed by atoms with Crippen molar-refractivity contribution in [3.63, 3.8) is 0 Å². The van der Waals surface area contributed by atoms with Crippen molar-refractivity contribution >= 4 is 66.9 Å². The lowest BCUT2D eigenvalue weighted by Crippen LogP contribution is -2.64. The Hall–Kier alpha value is -5.99. The Morgan fingerprint density at radius 1 is 0.418 bits per heavy atom. The maximum atomic E-state index is 14.1. The summed E-state index contributed by atoms with van der Waals surface area (Å²) >= 11 is 0. The first kappa shape index (κ1) is 108. The minimum atomic E-state index is -4.27. The van der Waals surface area contributed by atoms with Crippen LogP contribution in [0.4, 0.5) is 0 Å². The number of aliphatic hydroxyl groups is 10. The van der Waals surface area contributed by atoms with Gasteiger partial charge in [0.1, 0.15) is 78.6 Å². The maximum Gasteiger partial charge on any atom is 0.471 e. The number of hydrogen-bond donors (Lipinski definition) is 21. The Morgan fingerprint density at radius 3 is 1.12 bits per heavy atom. The summed E-state index contributed by atoms with van der Waals surface area (Å²) in [7, 11) is -3.24. The van der Waals surface area contributed by atoms with Crippen LogP contribution in [-0.4, -0.2) is 368 Å². The highest BCUT2D eigenvalue weighted by molar-refractivity contribution is 7.47. The summed E-state index contributed by atoms with van der Waals surface area (Å²) in [5.41, 5.74) is -1.39. The number of phosphoric ester groups is 1. The molecule has 4 rings (SSSR count). The second kappa shape index (κ2) is 61.4. The molecule has 0 spiro atoms. The molecule has 0 aromatic carbocycles. The van der Waals surface area contributed by atoms with Crippen LogP contribution in [0.3, 0.4) is 0 Å². The summed E-state index contributed by atoms with van der Waals surface area (Å²) < 4.78 is 73.6. The zero-order valence-corrected chi connectivity index (χ0v) is 71.8. The van der Waals surface area contributed by atoms with Gasteiger partial charge in [0.05, 0.1) is 78.3 Å². The van der Waals surface area contributed by atoms with E-state index in [2.05, 4.69) is 57.7 Å². The van der Waals surface area contributed by atoms with E-state index in [1.165, 1.54) is 25.7 Å². The minimum absolute atomic E-state index is 0.0410. The van der Waals surface area contributed by atoms with E-state index in [0.717, 1.165) is 39.2 Å². The van der Waals surface area contributed by atoms with Gasteiger partial charge in [-0.25, -0.2) is 4.57 Å². The predicted molar refractivity (Wildman–Crippen MR) is 430 cm³/mol. The van der Waals surface area contributed by atoms with E-state index in [4.69, 9.17) is 47.2 Å². The van der Waals surface area contributed by atoms with E-state index in [0.29, 0.717) is 90.1 Å². The molecule has 21 N–H and O–H groups in total. The fourth-order valence-corrected chi connectivity index (χ4v) is 14.2. The molecule has 4 saturated heterocycles. The van der Waals surface area contributed by atoms with E-state index in [-0.39, 0.29) is 192 Å². The topological polar surface area (TPSA) is 635 Å². The van der Waals surface area contributed by atoms with Crippen molar-refractivity contribution in [2.45, 2.75) is 291 Å². The number of phosphoric acid groups is 1. The van der Waals surface area contributed by atoms with Gasteiger partial charge < -0.3 is 151 Å². The Kier molecular flexibility index (Phi) is 54.5. The number of likely N-dealkylation sites (tertiary alicyclic amines) is 1. The zero-order chi connectivity index (χ0) is 89.8. The molecule has 0 aromatic rings. The van der Waals surface area contributed by atoms with E-state index in [9.17, 15) is 108 Å². The Morgan fingerprint density at radius 2 is 0.754 bits per heavy atom. The average Bonchev–Trinajstić information content (AvgIpc) is 1.16. The van der Waals surface area contributed by atoms with Gasteiger partial charge in [-0.05, 0) is 83.6 Å². The molecule has 0 radical (unpaired) electrons. The molecule has 0 aliphatic carbocycles. The molecule has 4 heterocycles. The Balaban J connectivity index is 1.31. The maximum absolute atomic E-state index is 14.1. The number of ether oxygens (including phenoxy) is 9. The molecule has 18 atom stereocenters. The number of carbonyl (C=O) groups excluding carboxylic acids is 10. The predicted octanol–water partition coefficient (Wildman–Crippen LogP) is -5.01. The minimum Gasteiger partial charge on any atom is -0.394 e. The molecule has 122 heavy (non-hydrogen) atoms. The molecule has 0 saturated carbocycles. The third-order valence-electron chi connectivity index (χ3n) is 20.5. The van der Waals surface area contributed by atoms with Crippen molar-refractivity contribution in [1.29, 1.82) is 0 Å². The molecule has 706 valence electrons. The van der Waals surface area contributed by atoms with Crippen LogP contribution in [-0.2, 0) is 104 Å². The van der Waals surface area contributed by atoms with E-state index in [1.54, 1.807) is 0 Å². The SMILES string of the molecule is COP(=O)(O)OC[C@@H]1CC(O)CN1C(=O)CCCCCCCCCCC(=O)NC(COCCC(=O)NCCCNC(=O)CCCCOC1OC(CO)C(O)C(O)C1NC(C)=O)(COCCC(=O)NCCCNC(=O)CCCCOC1OC(CO)C(O)C(O)C1NC(C)=O)COCNCCCNC(=O)CCCCOC1OC(CO)C(O)C(O)C1NC(C)=O. The quantitative estimate of drug-likeness (QED) is 0.0154. The van der Waals surface area contributed by atoms with Crippen LogP contribution in [0.15, 0.2) is 0 Å². The Bertz CT molecular complexity index is 2990. The highest BCUT2D eigenvalue weighted by atomic mass is 31.2. The van der Waals surface area contributed by atoms with Crippen LogP contribution in [0.5, 0.6) is 0 Å². The lowest BCUT2D eigenvalue weighted by molar-refractivity contribution is -0.270. The van der Waals surface area contributed by atoms with E-state index in [1.807, 2.05) is 0 Å². The molecule has 44 nitrogen and oxygen atoms in total. The fourth-order valence-electron chi connectivity index (χ4n) is 13.8. The number of unbranched alkanes of at least 4 members (excludes halogenated alkanes) is 10. The van der Waals surface area contributed by atoms with Gasteiger partial charge in [-0.3, -0.25) is 62.3 Å². The first-order chi connectivity index (χ1) is 58.4. The van der Waals surface area contributed by atoms with Gasteiger partial charge in [0.25, 0.3) is 0 Å². The number of nitrogens with one attached hydrogen (secondary N) is 10. The smallest absolute Gasteiger partial charge is 0.394 e. The van der Waals surface area contributed by atoms with Crippen molar-refractivity contribution in [2.75, 3.05) is 139 Å². The summed E-state index contributed by atoms with van der Waals surface area (Å²) in [6.45, 7) is 2.61. The summed E-state index contributed by atoms with van der Waals surface area (Å²) in [5, 5.41) is 129. The van der Waals surface area contributed by atoms with Gasteiger partial charge in [-0.1, -0.05) is 38.5 Å². The number of nitrogens with zero attached hydrogens (tertiary/aromatic N) is 1. The van der Waals surface area contributed by atoms with Gasteiger partial charge in [0, 0.05) is 132 Å². The normalized spacial score (nSPS) is 25.6. The number of hydrogen-bond acceptors (Lipinski definition) is 33. The molecule has 45 heteroatoms. The number of rotatable bonds is 66. The molecule has 0 bridgehead atoms. The molecular formula is C77H140N11O33P. The standard InChI is InChI=1S/C77H140N11O33P/c1-50(92)84-65-71(106)68(103)55(42-89)119-74(65)115-35-16-13-22-58(96)79-30-19-29-78-49-114-48-77(87-63(101)25-11-9-7-5-6-8-10-12-26-64(102)88-41-54(95)40-53(88)45-118-122(109,110)111-4,46-112-38-27-61(99)82-33-20-31-80-59(97)23-14-17-36-116-75-66(85-51(2)93)72(107)69(104)56(43-90)120-75)47-113-39-28-62(100)83-34-21-32-81-60(98)24-15-18-37-117-76-67(86-52(3)94)73(108)70(105)57(44-91)121-76/h53-57,65-76,78,89-91,95,103-108H,5-49H2,1-4H3,(H,79,96)(H,80,97)(H,81,98)(H,82,99)(H,83,100)(H,84,92)(H,85,93)(H,86,94)(H,87,101)(H,109,110)/t53-,54?,55?,56?,57?,65?,66?,67?,68?,69?,70?,71?,72?,73?,74?,75?,76?,77?/m0/s1. The molecule has 0 aromatic heterocycles. The molecule has 17 unspecified atom stereocenters. The van der Waals surface area contributed by atoms with Crippen LogP contribution < -0.4 is 53.2 Å². The number of aliphatic hydroxyl groups excluding tert-OH is 10. The highest BCUT2D eigenvalue weighted by Crippen LogP contribution is 2.43. The molecule has 4 fully saturated rings. The third kappa shape index (κ3) is 43.5. The first-order valence-electron chi connectivity index (χ1n) is 42.5. The summed E-state index contributed by atoms with van der Waals surface area (Å²) in [5.74, 6) is -3.51. The zero-order valence-electron chi connectivity index (χ0n) is 70.9. The highest BCUT2D eigenvalue weighted by Gasteiger charge is 2.48. The third-order valence-corrected chi connectivity index (χ3v) is 21.4. The number of β-amino-alcohol motifs (C(OH)–C–C–N with tert-alkyl or cyclic N) is 1. The van der Waals surface area contributed by atoms with Crippen LogP contribution in [0, 0.1) is 0 Å². The van der Waals surface area contributed by atoms with Gasteiger partial charge >= 0.3 is 7.82 Å². The fraction of sp³-hybridized carbons (Fsp3) is 0.870. The molecule has 4 aliphatic rings. The van der Waals surface area contributed by atoms with E-state index < -0.39 is 155 Å². The lowest BCUT2D eigenvalue weighted by atomic mass is 9.97. The average molecular weight is 1780 g/mol. The van der Waals surface area contributed by atoms with E-state index >= 15 is 0 Å². The molecule has 4 aliphatic heterocycles. The first-order valence-corrected chi connectivity index (χ1v) is 44.0. The second-order valence-electron chi connectivity index (χ2n) is 30.9. The summed E-state index contributed by atoms with van der Waals surface area (Å²) in [6, 6.07) is -3.87. The molecule has 10 amide bonds. The van der Waals surface area contributed by atoms with Gasteiger partial charge in [-0.2, -0.15) is 0 Å². The van der Waals surface area contributed by atoms with Gasteiger partial charge in [0.2, 0.25) is 59.1 Å². The lowest BCUT2D eigenvalue weighted by Gasteiger charge is -2.42. The van der Waals surface area contributed by atoms with Crippen LogP contribution in [0.2, 0.25) is 0 Å². The van der Waals surface area contributed by atoms with Crippen LogP contribution in [0.1, 0.15) is 181 Å². The van der Waals surface area contributed by atoms with Crippen molar-refractivity contribution < 1.29 is 160 Å². The Labute approximate surface area is 712 Å². The van der Waals surface area contributed by atoms with Crippen LogP contribution in [0.25, 0.3) is 0 Å². The molecular weight excluding hydrogens is 1640 g/mol. The summed E-state index contributed by atoms with van der Waals surface area (Å²) in [4.78, 5) is 138. The van der Waals surface area contributed by atoms with Gasteiger partial charge in [-0.15, -0.1) is 0 Å².